The van der Waals surface area contributed by atoms with Crippen LogP contribution in [0, 0.1) is 0 Å². The predicted molar refractivity (Wildman–Crippen MR) is 53.6 cm³/mol. The normalized spacial score (nSPS) is 16.2. The van der Waals surface area contributed by atoms with Gasteiger partial charge in [-0.15, -0.1) is 0 Å². The van der Waals surface area contributed by atoms with Crippen LogP contribution >= 0.6 is 0 Å². The average molecular weight is 187 g/mol. The highest BCUT2D eigenvalue weighted by Crippen LogP contribution is 2.20. The van der Waals surface area contributed by atoms with Gasteiger partial charge in [-0.05, 0) is 32.7 Å². The first-order valence-electron chi connectivity index (χ1n) is 5.17. The summed E-state index contributed by atoms with van der Waals surface area (Å²) in [5.41, 5.74) is 0. The van der Waals surface area contributed by atoms with Gasteiger partial charge in [0.2, 0.25) is 0 Å². The van der Waals surface area contributed by atoms with Gasteiger partial charge in [0.25, 0.3) is 0 Å². The third-order valence-corrected chi connectivity index (χ3v) is 1.92. The zero-order chi connectivity index (χ0) is 10.1. The van der Waals surface area contributed by atoms with E-state index >= 15 is 0 Å². The van der Waals surface area contributed by atoms with Crippen molar-refractivity contribution in [2.24, 2.45) is 0 Å². The first kappa shape index (κ1) is 12.4. The highest BCUT2D eigenvalue weighted by Gasteiger charge is 2.18. The van der Waals surface area contributed by atoms with Crippen molar-refractivity contribution in [3.8, 4) is 0 Å². The monoisotopic (exact) mass is 187 g/mol. The molecule has 0 atom stereocenters. The van der Waals surface area contributed by atoms with Gasteiger partial charge in [-0.3, -0.25) is 4.79 Å². The number of carbonyl (C=O) groups is 1. The maximum Gasteiger partial charge on any atom is 0.320 e. The topological polar surface area (TPSA) is 38.3 Å². The Kier molecular flexibility index (Phi) is 7.69. The van der Waals surface area contributed by atoms with Crippen molar-refractivity contribution in [2.45, 2.75) is 45.6 Å². The van der Waals surface area contributed by atoms with Crippen molar-refractivity contribution < 1.29 is 9.53 Å². The Morgan fingerprint density at radius 3 is 2.38 bits per heavy atom. The van der Waals surface area contributed by atoms with E-state index in [1.54, 1.807) is 7.05 Å². The summed E-state index contributed by atoms with van der Waals surface area (Å²) in [5.74, 6) is -0.126. The fraction of sp³-hybridized carbons (Fsp3) is 0.900. The van der Waals surface area contributed by atoms with E-state index in [0.29, 0.717) is 6.54 Å². The number of ether oxygens (including phenoxy) is 1. The Labute approximate surface area is 80.8 Å². The minimum absolute atomic E-state index is 0.126. The first-order chi connectivity index (χ1) is 6.33. The average Bonchev–Trinajstić information content (AvgIpc) is 2.61. The summed E-state index contributed by atoms with van der Waals surface area (Å²) in [7, 11) is 1.75. The van der Waals surface area contributed by atoms with Crippen molar-refractivity contribution in [1.29, 1.82) is 0 Å². The van der Waals surface area contributed by atoms with Crippen molar-refractivity contribution in [2.75, 3.05) is 13.6 Å². The van der Waals surface area contributed by atoms with Crippen LogP contribution in [0.2, 0.25) is 0 Å². The minimum Gasteiger partial charge on any atom is -0.461 e. The molecule has 13 heavy (non-hydrogen) atoms. The number of likely N-dealkylation sites (N-methyl/N-ethyl adjacent to an activating group) is 1. The molecule has 78 valence electrons. The summed E-state index contributed by atoms with van der Waals surface area (Å²) >= 11 is 0. The molecule has 0 saturated heterocycles. The van der Waals surface area contributed by atoms with E-state index in [-0.39, 0.29) is 12.1 Å². The number of carbonyl (C=O) groups excluding carboxylic acids is 1. The third kappa shape index (κ3) is 5.64. The molecule has 1 fully saturated rings. The van der Waals surface area contributed by atoms with Gasteiger partial charge in [0.05, 0.1) is 6.54 Å². The summed E-state index contributed by atoms with van der Waals surface area (Å²) in [6.45, 7) is 4.33. The highest BCUT2D eigenvalue weighted by atomic mass is 16.5. The number of nitrogens with one attached hydrogen (secondary N) is 1. The molecule has 3 heteroatoms. The van der Waals surface area contributed by atoms with Crippen molar-refractivity contribution in [3.05, 3.63) is 0 Å². The zero-order valence-corrected chi connectivity index (χ0v) is 8.93. The Morgan fingerprint density at radius 2 is 1.92 bits per heavy atom. The van der Waals surface area contributed by atoms with Gasteiger partial charge in [0, 0.05) is 0 Å². The second kappa shape index (κ2) is 8.05. The number of hydrogen-bond acceptors (Lipinski definition) is 3. The van der Waals surface area contributed by atoms with E-state index in [1.807, 2.05) is 13.8 Å². The molecule has 0 heterocycles. The lowest BCUT2D eigenvalue weighted by Crippen LogP contribution is -2.24. The molecule has 0 unspecified atom stereocenters. The summed E-state index contributed by atoms with van der Waals surface area (Å²) in [6.07, 6.45) is 4.72. The van der Waals surface area contributed by atoms with Crippen LogP contribution < -0.4 is 5.32 Å². The first-order valence-corrected chi connectivity index (χ1v) is 5.17. The van der Waals surface area contributed by atoms with Gasteiger partial charge < -0.3 is 10.1 Å². The van der Waals surface area contributed by atoms with E-state index < -0.39 is 0 Å². The molecule has 0 bridgehead atoms. The predicted octanol–water partition coefficient (Wildman–Crippen LogP) is 1.72. The molecule has 1 aliphatic carbocycles. The van der Waals surface area contributed by atoms with E-state index in [4.69, 9.17) is 4.74 Å². The fourth-order valence-electron chi connectivity index (χ4n) is 1.38. The van der Waals surface area contributed by atoms with Crippen molar-refractivity contribution in [1.82, 2.24) is 5.32 Å². The Hall–Kier alpha value is -0.570. The number of hydrogen-bond donors (Lipinski definition) is 1. The largest absolute Gasteiger partial charge is 0.461 e. The molecule has 0 aliphatic heterocycles. The van der Waals surface area contributed by atoms with Crippen LogP contribution in [0.5, 0.6) is 0 Å². The van der Waals surface area contributed by atoms with Gasteiger partial charge >= 0.3 is 5.97 Å². The van der Waals surface area contributed by atoms with Crippen LogP contribution in [0.3, 0.4) is 0 Å². The van der Waals surface area contributed by atoms with Crippen LogP contribution in [0.1, 0.15) is 39.5 Å². The molecule has 0 spiro atoms. The summed E-state index contributed by atoms with van der Waals surface area (Å²) in [5, 5.41) is 2.77. The Balaban J connectivity index is 0.000000671. The lowest BCUT2D eigenvalue weighted by atomic mass is 10.3. The van der Waals surface area contributed by atoms with E-state index in [0.717, 1.165) is 12.8 Å². The van der Waals surface area contributed by atoms with Crippen LogP contribution in [0.25, 0.3) is 0 Å². The van der Waals surface area contributed by atoms with Gasteiger partial charge in [-0.1, -0.05) is 13.8 Å². The van der Waals surface area contributed by atoms with Gasteiger partial charge in [-0.25, -0.2) is 0 Å². The Morgan fingerprint density at radius 1 is 1.38 bits per heavy atom. The van der Waals surface area contributed by atoms with E-state index in [2.05, 4.69) is 5.32 Å². The molecule has 0 aromatic carbocycles. The summed E-state index contributed by atoms with van der Waals surface area (Å²) in [6, 6.07) is 0. The quantitative estimate of drug-likeness (QED) is 0.684. The molecule has 1 saturated carbocycles. The van der Waals surface area contributed by atoms with Crippen LogP contribution in [0.15, 0.2) is 0 Å². The molecule has 0 amide bonds. The second-order valence-electron chi connectivity index (χ2n) is 2.93. The smallest absolute Gasteiger partial charge is 0.320 e. The van der Waals surface area contributed by atoms with Crippen LogP contribution in [0.4, 0.5) is 0 Å². The lowest BCUT2D eigenvalue weighted by molar-refractivity contribution is -0.147. The van der Waals surface area contributed by atoms with Crippen molar-refractivity contribution in [3.63, 3.8) is 0 Å². The fourth-order valence-corrected chi connectivity index (χ4v) is 1.38. The third-order valence-electron chi connectivity index (χ3n) is 1.92. The maximum atomic E-state index is 10.9. The molecular formula is C10H21NO2. The minimum atomic E-state index is -0.126. The molecule has 0 radical (unpaired) electrons. The summed E-state index contributed by atoms with van der Waals surface area (Å²) in [4.78, 5) is 10.9. The van der Waals surface area contributed by atoms with Crippen molar-refractivity contribution >= 4 is 5.97 Å². The van der Waals surface area contributed by atoms with Gasteiger partial charge in [0.1, 0.15) is 6.10 Å². The maximum absolute atomic E-state index is 10.9. The SMILES string of the molecule is CC.CNCC(=O)OC1CCCC1. The molecule has 0 aromatic rings. The van der Waals surface area contributed by atoms with Crippen LogP contribution in [-0.4, -0.2) is 25.7 Å². The van der Waals surface area contributed by atoms with Gasteiger partial charge in [0.15, 0.2) is 0 Å². The standard InChI is InChI=1S/C8H15NO2.C2H6/c1-9-6-8(10)11-7-4-2-3-5-7;1-2/h7,9H,2-6H2,1H3;1-2H3. The lowest BCUT2D eigenvalue weighted by Gasteiger charge is -2.10. The molecule has 3 nitrogen and oxygen atoms in total. The van der Waals surface area contributed by atoms with E-state index in [1.165, 1.54) is 12.8 Å². The number of esters is 1. The second-order valence-corrected chi connectivity index (χ2v) is 2.93. The Bertz CT molecular complexity index is 131. The molecule has 1 aliphatic rings. The molecular weight excluding hydrogens is 166 g/mol. The molecule has 0 aromatic heterocycles. The van der Waals surface area contributed by atoms with Gasteiger partial charge in [-0.2, -0.15) is 0 Å². The molecule has 1 N–H and O–H groups in total. The molecule has 1 rings (SSSR count). The summed E-state index contributed by atoms with van der Waals surface area (Å²) < 4.78 is 5.15. The highest BCUT2D eigenvalue weighted by molar-refractivity contribution is 5.71. The number of rotatable bonds is 3. The van der Waals surface area contributed by atoms with E-state index in [9.17, 15) is 4.79 Å². The van der Waals surface area contributed by atoms with Crippen LogP contribution in [-0.2, 0) is 9.53 Å². The zero-order valence-electron chi connectivity index (χ0n) is 8.93.